The minimum Gasteiger partial charge on any atom is -0.503 e. The van der Waals surface area contributed by atoms with E-state index in [1.807, 2.05) is 6.07 Å². The number of hydrogen-bond donors (Lipinski definition) is 2. The van der Waals surface area contributed by atoms with Gasteiger partial charge in [0.2, 0.25) is 11.7 Å². The van der Waals surface area contributed by atoms with E-state index in [0.717, 1.165) is 4.47 Å². The van der Waals surface area contributed by atoms with Gasteiger partial charge < -0.3 is 14.8 Å². The quantitative estimate of drug-likeness (QED) is 0.336. The Labute approximate surface area is 208 Å². The maximum absolute atomic E-state index is 13.6. The molecule has 1 aliphatic heterocycles. The molecule has 0 aliphatic carbocycles. The van der Waals surface area contributed by atoms with Gasteiger partial charge in [-0.25, -0.2) is 0 Å². The lowest BCUT2D eigenvalue weighted by Gasteiger charge is -2.26. The van der Waals surface area contributed by atoms with E-state index in [9.17, 15) is 19.5 Å². The molecule has 3 heterocycles. The van der Waals surface area contributed by atoms with E-state index in [1.54, 1.807) is 60.8 Å². The monoisotopic (exact) mass is 531 g/mol. The molecule has 1 unspecified atom stereocenters. The third-order valence-corrected chi connectivity index (χ3v) is 6.11. The normalized spacial score (nSPS) is 15.7. The fourth-order valence-electron chi connectivity index (χ4n) is 4.12. The van der Waals surface area contributed by atoms with Crippen molar-refractivity contribution in [1.82, 2.24) is 4.98 Å². The fraction of sp³-hybridized carbons (Fsp3) is 0.0769. The van der Waals surface area contributed by atoms with Gasteiger partial charge >= 0.3 is 0 Å². The molecule has 4 aromatic rings. The Morgan fingerprint density at radius 2 is 1.89 bits per heavy atom. The molecule has 0 spiro atoms. The van der Waals surface area contributed by atoms with Crippen molar-refractivity contribution < 1.29 is 23.9 Å². The Bertz CT molecular complexity index is 1510. The molecule has 174 valence electrons. The van der Waals surface area contributed by atoms with Gasteiger partial charge in [-0.05, 0) is 60.2 Å². The lowest BCUT2D eigenvalue weighted by Crippen LogP contribution is -2.31. The van der Waals surface area contributed by atoms with Gasteiger partial charge in [-0.1, -0.05) is 22.0 Å². The molecular weight excluding hydrogens is 514 g/mol. The van der Waals surface area contributed by atoms with Crippen LogP contribution < -0.4 is 10.2 Å². The topological polar surface area (TPSA) is 113 Å². The van der Waals surface area contributed by atoms with Crippen molar-refractivity contribution in [3.05, 3.63) is 100 Å². The number of carbonyl (C=O) groups is 3. The molecule has 0 saturated carbocycles. The van der Waals surface area contributed by atoms with Crippen molar-refractivity contribution in [2.45, 2.75) is 13.0 Å². The summed E-state index contributed by atoms with van der Waals surface area (Å²) in [7, 11) is 0. The van der Waals surface area contributed by atoms with Crippen molar-refractivity contribution in [2.24, 2.45) is 0 Å². The molecule has 8 nitrogen and oxygen atoms in total. The highest BCUT2D eigenvalue weighted by molar-refractivity contribution is 9.10. The van der Waals surface area contributed by atoms with E-state index < -0.39 is 23.5 Å². The largest absolute Gasteiger partial charge is 0.503 e. The van der Waals surface area contributed by atoms with Crippen LogP contribution in [0, 0.1) is 0 Å². The maximum Gasteiger partial charge on any atom is 0.294 e. The Balaban J connectivity index is 1.59. The van der Waals surface area contributed by atoms with Crippen molar-refractivity contribution in [3.8, 4) is 0 Å². The second-order valence-corrected chi connectivity index (χ2v) is 8.89. The molecule has 35 heavy (non-hydrogen) atoms. The molecule has 2 N–H and O–H groups in total. The van der Waals surface area contributed by atoms with Gasteiger partial charge in [-0.15, -0.1) is 0 Å². The second-order valence-electron chi connectivity index (χ2n) is 7.98. The van der Waals surface area contributed by atoms with Crippen LogP contribution >= 0.6 is 15.9 Å². The summed E-state index contributed by atoms with van der Waals surface area (Å²) in [6.45, 7) is 1.40. The van der Waals surface area contributed by atoms with Gasteiger partial charge in [0.15, 0.2) is 11.5 Å². The number of pyridine rings is 1. The summed E-state index contributed by atoms with van der Waals surface area (Å²) < 4.78 is 6.58. The minimum atomic E-state index is -0.935. The number of amides is 2. The molecule has 2 aromatic carbocycles. The van der Waals surface area contributed by atoms with E-state index in [4.69, 9.17) is 4.42 Å². The summed E-state index contributed by atoms with van der Waals surface area (Å²) in [5.41, 5.74) is 1.92. The number of fused-ring (bicyclic) bond motifs is 1. The maximum atomic E-state index is 13.6. The van der Waals surface area contributed by atoms with E-state index in [1.165, 1.54) is 18.0 Å². The first-order valence-corrected chi connectivity index (χ1v) is 11.4. The van der Waals surface area contributed by atoms with Crippen molar-refractivity contribution in [3.63, 3.8) is 0 Å². The number of rotatable bonds is 5. The lowest BCUT2D eigenvalue weighted by atomic mass is 9.96. The number of furan rings is 1. The number of Topliss-reactive ketones (excluding diaryl/α,β-unsaturated/α-hetero) is 1. The van der Waals surface area contributed by atoms with Crippen LogP contribution in [0.5, 0.6) is 0 Å². The van der Waals surface area contributed by atoms with Crippen molar-refractivity contribution in [1.29, 1.82) is 0 Å². The molecule has 2 amide bonds. The highest BCUT2D eigenvalue weighted by Crippen LogP contribution is 2.42. The standard InChI is InChI=1S/C26H18BrN3O5/c1-14(31)29-18-5-7-19(8-6-18)30-23(15-3-2-10-28-13-15)22(25(33)26(30)34)24(32)21-12-16-11-17(27)4-9-20(16)35-21/h2-13,23,33H,1H3,(H,29,31). The van der Waals surface area contributed by atoms with Crippen LogP contribution in [0.25, 0.3) is 11.0 Å². The van der Waals surface area contributed by atoms with Crippen LogP contribution in [0.15, 0.2) is 93.3 Å². The number of ketones is 1. The van der Waals surface area contributed by atoms with Crippen LogP contribution in [-0.2, 0) is 9.59 Å². The number of aromatic nitrogens is 1. The van der Waals surface area contributed by atoms with E-state index in [-0.39, 0.29) is 17.2 Å². The van der Waals surface area contributed by atoms with Crippen LogP contribution in [0.3, 0.4) is 0 Å². The summed E-state index contributed by atoms with van der Waals surface area (Å²) in [6, 6.07) is 15.9. The molecule has 5 rings (SSSR count). The van der Waals surface area contributed by atoms with Crippen molar-refractivity contribution in [2.75, 3.05) is 10.2 Å². The predicted octanol–water partition coefficient (Wildman–Crippen LogP) is 5.33. The average molecular weight is 532 g/mol. The molecule has 9 heteroatoms. The summed E-state index contributed by atoms with van der Waals surface area (Å²) in [5.74, 6) is -2.21. The zero-order valence-corrected chi connectivity index (χ0v) is 19.9. The summed E-state index contributed by atoms with van der Waals surface area (Å²) in [6.07, 6.45) is 3.12. The second kappa shape index (κ2) is 8.84. The Kier molecular flexibility index (Phi) is 5.70. The third kappa shape index (κ3) is 4.10. The van der Waals surface area contributed by atoms with Gasteiger partial charge in [0.25, 0.3) is 5.91 Å². The molecule has 1 aliphatic rings. The molecule has 1 atom stereocenters. The van der Waals surface area contributed by atoms with E-state index in [0.29, 0.717) is 27.9 Å². The highest BCUT2D eigenvalue weighted by atomic mass is 79.9. The molecule has 0 radical (unpaired) electrons. The van der Waals surface area contributed by atoms with E-state index in [2.05, 4.69) is 26.2 Å². The van der Waals surface area contributed by atoms with Crippen LogP contribution in [0.2, 0.25) is 0 Å². The molecular formula is C26H18BrN3O5. The summed E-state index contributed by atoms with van der Waals surface area (Å²) in [5, 5.41) is 14.3. The van der Waals surface area contributed by atoms with Gasteiger partial charge in [0.1, 0.15) is 5.58 Å². The number of benzene rings is 2. The first kappa shape index (κ1) is 22.5. The molecule has 2 aromatic heterocycles. The Hall–Kier alpha value is -4.24. The Morgan fingerprint density at radius 3 is 2.57 bits per heavy atom. The van der Waals surface area contributed by atoms with Gasteiger partial charge in [-0.3, -0.25) is 24.3 Å². The fourth-order valence-corrected chi connectivity index (χ4v) is 4.50. The third-order valence-electron chi connectivity index (χ3n) is 5.62. The molecule has 0 bridgehead atoms. The number of hydrogen-bond acceptors (Lipinski definition) is 6. The number of anilines is 2. The number of aliphatic hydroxyl groups excluding tert-OH is 1. The lowest BCUT2D eigenvalue weighted by molar-refractivity contribution is -0.117. The van der Waals surface area contributed by atoms with Crippen LogP contribution in [0.1, 0.15) is 29.1 Å². The molecule has 0 fully saturated rings. The highest BCUT2D eigenvalue weighted by Gasteiger charge is 2.45. The average Bonchev–Trinajstić information content (AvgIpc) is 3.38. The SMILES string of the molecule is CC(=O)Nc1ccc(N2C(=O)C(O)=C(C(=O)c3cc4cc(Br)ccc4o3)C2c2cccnc2)cc1. The predicted molar refractivity (Wildman–Crippen MR) is 133 cm³/mol. The number of nitrogens with one attached hydrogen (secondary N) is 1. The van der Waals surface area contributed by atoms with Gasteiger partial charge in [0.05, 0.1) is 11.6 Å². The smallest absolute Gasteiger partial charge is 0.294 e. The summed E-state index contributed by atoms with van der Waals surface area (Å²) in [4.78, 5) is 43.7. The molecule has 0 saturated heterocycles. The van der Waals surface area contributed by atoms with Gasteiger partial charge in [-0.2, -0.15) is 0 Å². The van der Waals surface area contributed by atoms with Crippen LogP contribution in [-0.4, -0.2) is 27.7 Å². The first-order valence-electron chi connectivity index (χ1n) is 10.6. The number of carbonyl (C=O) groups excluding carboxylic acids is 3. The number of halogens is 1. The van der Waals surface area contributed by atoms with Gasteiger partial charge in [0, 0.05) is 40.6 Å². The van der Waals surface area contributed by atoms with Crippen molar-refractivity contribution >= 4 is 55.9 Å². The first-order chi connectivity index (χ1) is 16.8. The van der Waals surface area contributed by atoms with E-state index >= 15 is 0 Å². The summed E-state index contributed by atoms with van der Waals surface area (Å²) >= 11 is 3.40. The zero-order chi connectivity index (χ0) is 24.7. The number of aliphatic hydroxyl groups is 1. The zero-order valence-electron chi connectivity index (χ0n) is 18.4. The minimum absolute atomic E-state index is 0.00389. The Morgan fingerprint density at radius 1 is 1.11 bits per heavy atom. The number of nitrogens with zero attached hydrogens (tertiary/aromatic N) is 2. The van der Waals surface area contributed by atoms with Crippen LogP contribution in [0.4, 0.5) is 11.4 Å².